The van der Waals surface area contributed by atoms with Gasteiger partial charge in [-0.3, -0.25) is 9.59 Å². The largest absolute Gasteiger partial charge is 0.468 e. The molecule has 0 saturated carbocycles. The van der Waals surface area contributed by atoms with Gasteiger partial charge in [0.1, 0.15) is 11.6 Å². The van der Waals surface area contributed by atoms with Gasteiger partial charge in [0.05, 0.1) is 13.5 Å². The molecule has 148 valence electrons. The number of hydrogen-bond donors (Lipinski definition) is 2. The summed E-state index contributed by atoms with van der Waals surface area (Å²) < 4.78 is 4.65. The molecule has 5 nitrogen and oxygen atoms in total. The number of nitrogens with two attached hydrogens (primary N) is 1. The van der Waals surface area contributed by atoms with Crippen molar-refractivity contribution in [3.8, 4) is 0 Å². The number of carbonyl (C=O) groups excluding carboxylic acids is 2. The molecule has 3 rings (SSSR count). The Bertz CT molecular complexity index is 847. The molecule has 0 spiro atoms. The van der Waals surface area contributed by atoms with E-state index in [1.165, 1.54) is 7.11 Å². The van der Waals surface area contributed by atoms with Crippen LogP contribution in [-0.4, -0.2) is 25.0 Å². The predicted molar refractivity (Wildman–Crippen MR) is 112 cm³/mol. The van der Waals surface area contributed by atoms with Crippen molar-refractivity contribution in [2.24, 2.45) is 5.73 Å². The molecule has 29 heavy (non-hydrogen) atoms. The Morgan fingerprint density at radius 3 is 1.55 bits per heavy atom. The quantitative estimate of drug-likeness (QED) is 0.482. The van der Waals surface area contributed by atoms with Crippen LogP contribution in [0.3, 0.4) is 0 Å². The highest BCUT2D eigenvalue weighted by Gasteiger charge is 2.38. The minimum absolute atomic E-state index is 0.180. The minimum Gasteiger partial charge on any atom is -0.468 e. The topological polar surface area (TPSA) is 81.4 Å². The van der Waals surface area contributed by atoms with Crippen LogP contribution in [-0.2, 0) is 19.9 Å². The van der Waals surface area contributed by atoms with E-state index in [1.54, 1.807) is 0 Å². The lowest BCUT2D eigenvalue weighted by atomic mass is 9.77. The molecule has 1 atom stereocenters. The van der Waals surface area contributed by atoms with Crippen LogP contribution < -0.4 is 11.1 Å². The Morgan fingerprint density at radius 2 is 1.21 bits per heavy atom. The van der Waals surface area contributed by atoms with E-state index in [1.807, 2.05) is 91.0 Å². The fourth-order valence-electron chi connectivity index (χ4n) is 3.48. The lowest BCUT2D eigenvalue weighted by Gasteiger charge is -2.37. The fourth-order valence-corrected chi connectivity index (χ4v) is 3.48. The van der Waals surface area contributed by atoms with E-state index in [0.717, 1.165) is 16.7 Å². The molecule has 5 heteroatoms. The summed E-state index contributed by atoms with van der Waals surface area (Å²) in [6.45, 7) is 0. The summed E-state index contributed by atoms with van der Waals surface area (Å²) in [5.74, 6) is -0.968. The number of hydrogen-bond acceptors (Lipinski definition) is 4. The van der Waals surface area contributed by atoms with Crippen LogP contribution in [0.1, 0.15) is 23.1 Å². The Balaban J connectivity index is 2.12. The van der Waals surface area contributed by atoms with Crippen molar-refractivity contribution in [3.63, 3.8) is 0 Å². The molecule has 0 unspecified atom stereocenters. The number of rotatable bonds is 7. The van der Waals surface area contributed by atoms with Crippen LogP contribution in [0.4, 0.5) is 0 Å². The molecular formula is C24H24N2O3. The summed E-state index contributed by atoms with van der Waals surface area (Å²) in [6.07, 6.45) is -0.180. The Labute approximate surface area is 170 Å². The van der Waals surface area contributed by atoms with Crippen molar-refractivity contribution in [2.45, 2.75) is 18.0 Å². The van der Waals surface area contributed by atoms with Crippen LogP contribution in [0.5, 0.6) is 0 Å². The van der Waals surface area contributed by atoms with E-state index in [0.29, 0.717) is 0 Å². The molecule has 0 saturated heterocycles. The van der Waals surface area contributed by atoms with E-state index < -0.39 is 17.6 Å². The average Bonchev–Trinajstić information content (AvgIpc) is 2.78. The van der Waals surface area contributed by atoms with E-state index in [4.69, 9.17) is 5.73 Å². The monoisotopic (exact) mass is 388 g/mol. The van der Waals surface area contributed by atoms with Crippen molar-refractivity contribution >= 4 is 11.9 Å². The van der Waals surface area contributed by atoms with E-state index >= 15 is 0 Å². The second-order valence-corrected chi connectivity index (χ2v) is 6.73. The van der Waals surface area contributed by atoms with Crippen LogP contribution in [0.15, 0.2) is 91.0 Å². The van der Waals surface area contributed by atoms with Crippen molar-refractivity contribution in [3.05, 3.63) is 108 Å². The van der Waals surface area contributed by atoms with Crippen molar-refractivity contribution < 1.29 is 14.3 Å². The van der Waals surface area contributed by atoms with Gasteiger partial charge in [-0.2, -0.15) is 0 Å². The highest BCUT2D eigenvalue weighted by Crippen LogP contribution is 2.36. The first-order chi connectivity index (χ1) is 14.1. The summed E-state index contributed by atoms with van der Waals surface area (Å²) in [7, 11) is 1.25. The second-order valence-electron chi connectivity index (χ2n) is 6.73. The molecule has 0 radical (unpaired) electrons. The number of nitrogens with one attached hydrogen (secondary N) is 1. The zero-order chi connectivity index (χ0) is 20.7. The van der Waals surface area contributed by atoms with Gasteiger partial charge >= 0.3 is 5.97 Å². The van der Waals surface area contributed by atoms with E-state index in [-0.39, 0.29) is 12.3 Å². The smallest absolute Gasteiger partial charge is 0.323 e. The highest BCUT2D eigenvalue weighted by atomic mass is 16.5. The third kappa shape index (κ3) is 4.36. The number of benzene rings is 3. The summed E-state index contributed by atoms with van der Waals surface area (Å²) in [5, 5.41) is 3.16. The van der Waals surface area contributed by atoms with Crippen LogP contribution in [0.2, 0.25) is 0 Å². The maximum Gasteiger partial charge on any atom is 0.323 e. The SMILES string of the molecule is COC(=O)[C@@H](N)CC(=O)NC(c1ccccc1)(c1ccccc1)c1ccccc1. The summed E-state index contributed by atoms with van der Waals surface area (Å²) in [4.78, 5) is 24.7. The van der Waals surface area contributed by atoms with Crippen molar-refractivity contribution in [1.29, 1.82) is 0 Å². The van der Waals surface area contributed by atoms with Gasteiger partial charge in [-0.1, -0.05) is 91.0 Å². The highest BCUT2D eigenvalue weighted by molar-refractivity contribution is 5.86. The predicted octanol–water partition coefficient (Wildman–Crippen LogP) is 2.99. The van der Waals surface area contributed by atoms with Crippen molar-refractivity contribution in [2.75, 3.05) is 7.11 Å². The molecule has 0 fully saturated rings. The van der Waals surface area contributed by atoms with Crippen LogP contribution in [0, 0.1) is 0 Å². The zero-order valence-corrected chi connectivity index (χ0v) is 16.2. The number of amides is 1. The molecule has 0 aliphatic carbocycles. The van der Waals surface area contributed by atoms with Gasteiger partial charge in [0, 0.05) is 0 Å². The third-order valence-electron chi connectivity index (χ3n) is 4.86. The van der Waals surface area contributed by atoms with Gasteiger partial charge < -0.3 is 15.8 Å². The molecule has 1 amide bonds. The minimum atomic E-state index is -1.03. The lowest BCUT2D eigenvalue weighted by molar-refractivity contribution is -0.143. The number of ether oxygens (including phenoxy) is 1. The zero-order valence-electron chi connectivity index (χ0n) is 16.2. The maximum atomic E-state index is 13.0. The molecule has 0 heterocycles. The Hall–Kier alpha value is -3.44. The van der Waals surface area contributed by atoms with E-state index in [9.17, 15) is 9.59 Å². The molecule has 3 N–H and O–H groups in total. The average molecular weight is 388 g/mol. The van der Waals surface area contributed by atoms with Gasteiger partial charge in [-0.15, -0.1) is 0 Å². The first-order valence-corrected chi connectivity index (χ1v) is 9.39. The molecule has 0 aliphatic heterocycles. The van der Waals surface area contributed by atoms with Gasteiger partial charge in [-0.05, 0) is 16.7 Å². The number of methoxy groups -OCH3 is 1. The summed E-state index contributed by atoms with van der Waals surface area (Å²) in [5.41, 5.74) is 7.60. The van der Waals surface area contributed by atoms with Crippen LogP contribution >= 0.6 is 0 Å². The molecule has 0 aliphatic rings. The molecule has 3 aromatic carbocycles. The second kappa shape index (κ2) is 9.17. The Morgan fingerprint density at radius 1 is 0.828 bits per heavy atom. The lowest BCUT2D eigenvalue weighted by Crippen LogP contribution is -2.49. The molecule has 0 aromatic heterocycles. The maximum absolute atomic E-state index is 13.0. The normalized spacial score (nSPS) is 12.1. The fraction of sp³-hybridized carbons (Fsp3) is 0.167. The number of carbonyl (C=O) groups is 2. The van der Waals surface area contributed by atoms with Crippen molar-refractivity contribution in [1.82, 2.24) is 5.32 Å². The molecular weight excluding hydrogens is 364 g/mol. The summed E-state index contributed by atoms with van der Waals surface area (Å²) >= 11 is 0. The Kier molecular flexibility index (Phi) is 6.42. The standard InChI is InChI=1S/C24H24N2O3/c1-29-23(28)21(25)17-22(27)26-24(18-11-5-2-6-12-18,19-13-7-3-8-14-19)20-15-9-4-10-16-20/h2-16,21H,17,25H2,1H3,(H,26,27)/t21-/m0/s1. The van der Waals surface area contributed by atoms with Gasteiger partial charge in [0.15, 0.2) is 0 Å². The van der Waals surface area contributed by atoms with Crippen LogP contribution in [0.25, 0.3) is 0 Å². The van der Waals surface area contributed by atoms with Gasteiger partial charge in [-0.25, -0.2) is 0 Å². The first-order valence-electron chi connectivity index (χ1n) is 9.39. The first kappa shape index (κ1) is 20.3. The molecule has 0 bridgehead atoms. The van der Waals surface area contributed by atoms with E-state index in [2.05, 4.69) is 10.1 Å². The number of esters is 1. The van der Waals surface area contributed by atoms with Gasteiger partial charge in [0.2, 0.25) is 5.91 Å². The third-order valence-corrected chi connectivity index (χ3v) is 4.86. The van der Waals surface area contributed by atoms with Gasteiger partial charge in [0.25, 0.3) is 0 Å². The molecule has 3 aromatic rings. The summed E-state index contributed by atoms with van der Waals surface area (Å²) in [6, 6.07) is 28.2.